The Morgan fingerprint density at radius 3 is 2.62 bits per heavy atom. The number of hydrogen-bond donors (Lipinski definition) is 3. The van der Waals surface area contributed by atoms with Crippen LogP contribution >= 0.6 is 0 Å². The first-order valence-electron chi connectivity index (χ1n) is 9.60. The minimum atomic E-state index is 0.0781. The lowest BCUT2D eigenvalue weighted by Gasteiger charge is -2.41. The van der Waals surface area contributed by atoms with Crippen molar-refractivity contribution < 1.29 is 9.84 Å². The molecule has 0 atom stereocenters. The van der Waals surface area contributed by atoms with E-state index in [-0.39, 0.29) is 11.3 Å². The van der Waals surface area contributed by atoms with Crippen LogP contribution in [0.1, 0.15) is 45.6 Å². The molecular formula is C20H34N4O2. The summed E-state index contributed by atoms with van der Waals surface area (Å²) in [5.74, 6) is 1.39. The van der Waals surface area contributed by atoms with E-state index in [0.29, 0.717) is 12.3 Å². The number of phenols is 1. The predicted octanol–water partition coefficient (Wildman–Crippen LogP) is 2.72. The molecule has 1 aromatic carbocycles. The van der Waals surface area contributed by atoms with Crippen LogP contribution in [-0.4, -0.2) is 54.8 Å². The fraction of sp³-hybridized carbons (Fsp3) is 0.650. The van der Waals surface area contributed by atoms with E-state index in [1.165, 1.54) is 32.4 Å². The highest BCUT2D eigenvalue weighted by molar-refractivity contribution is 5.79. The van der Waals surface area contributed by atoms with E-state index in [1.54, 1.807) is 13.2 Å². The number of guanidine groups is 1. The van der Waals surface area contributed by atoms with E-state index < -0.39 is 0 Å². The Morgan fingerprint density at radius 1 is 1.23 bits per heavy atom. The van der Waals surface area contributed by atoms with Crippen LogP contribution in [0.3, 0.4) is 0 Å². The lowest BCUT2D eigenvalue weighted by Crippen LogP contribution is -2.54. The monoisotopic (exact) mass is 362 g/mol. The summed E-state index contributed by atoms with van der Waals surface area (Å²) < 4.78 is 5.16. The van der Waals surface area contributed by atoms with Gasteiger partial charge in [0, 0.05) is 24.2 Å². The summed E-state index contributed by atoms with van der Waals surface area (Å²) in [6.07, 6.45) is 3.91. The van der Waals surface area contributed by atoms with Gasteiger partial charge in [0.05, 0.1) is 13.7 Å². The summed E-state index contributed by atoms with van der Waals surface area (Å²) in [6, 6.07) is 5.47. The number of hydrogen-bond acceptors (Lipinski definition) is 4. The van der Waals surface area contributed by atoms with E-state index in [0.717, 1.165) is 24.6 Å². The largest absolute Gasteiger partial charge is 0.504 e. The van der Waals surface area contributed by atoms with Crippen LogP contribution in [0.15, 0.2) is 23.2 Å². The molecule has 26 heavy (non-hydrogen) atoms. The minimum absolute atomic E-state index is 0.0781. The number of nitrogens with zero attached hydrogens (tertiary/aromatic N) is 2. The second-order valence-corrected chi connectivity index (χ2v) is 7.38. The van der Waals surface area contributed by atoms with Gasteiger partial charge in [-0.05, 0) is 52.8 Å². The van der Waals surface area contributed by atoms with Crippen molar-refractivity contribution in [3.8, 4) is 11.5 Å². The number of aromatic hydroxyl groups is 1. The summed E-state index contributed by atoms with van der Waals surface area (Å²) in [4.78, 5) is 7.19. The third-order valence-corrected chi connectivity index (χ3v) is 4.95. The standard InChI is InChI=1S/C20H34N4O2/c1-5-21-19(22-14-16-10-9-11-17(26-4)18(16)25)23-15-20(2,3)24-12-7-6-8-13-24/h9-11,25H,5-8,12-15H2,1-4H3,(H2,21,22,23). The molecule has 0 radical (unpaired) electrons. The molecule has 1 aliphatic heterocycles. The fourth-order valence-electron chi connectivity index (χ4n) is 3.28. The van der Waals surface area contributed by atoms with Gasteiger partial charge in [-0.1, -0.05) is 18.6 Å². The molecule has 0 spiro atoms. The molecule has 0 aliphatic carbocycles. The number of ether oxygens (including phenoxy) is 1. The van der Waals surface area contributed by atoms with Crippen molar-refractivity contribution in [3.05, 3.63) is 23.8 Å². The Bertz CT molecular complexity index is 595. The van der Waals surface area contributed by atoms with Crippen molar-refractivity contribution in [1.29, 1.82) is 0 Å². The Labute approximate surface area is 157 Å². The Morgan fingerprint density at radius 2 is 1.96 bits per heavy atom. The first kappa shape index (κ1) is 20.4. The number of rotatable bonds is 7. The first-order chi connectivity index (χ1) is 12.5. The number of piperidine rings is 1. The van der Waals surface area contributed by atoms with E-state index >= 15 is 0 Å². The quantitative estimate of drug-likeness (QED) is 0.514. The smallest absolute Gasteiger partial charge is 0.191 e. The van der Waals surface area contributed by atoms with E-state index in [1.807, 2.05) is 12.1 Å². The molecule has 6 heteroatoms. The maximum absolute atomic E-state index is 10.2. The molecule has 1 fully saturated rings. The van der Waals surface area contributed by atoms with Crippen molar-refractivity contribution in [2.75, 3.05) is 33.3 Å². The summed E-state index contributed by atoms with van der Waals surface area (Å²) in [7, 11) is 1.55. The molecule has 1 heterocycles. The van der Waals surface area contributed by atoms with Crippen molar-refractivity contribution in [2.24, 2.45) is 4.99 Å². The van der Waals surface area contributed by atoms with Gasteiger partial charge in [-0.15, -0.1) is 0 Å². The lowest BCUT2D eigenvalue weighted by molar-refractivity contribution is 0.0982. The minimum Gasteiger partial charge on any atom is -0.504 e. The third kappa shape index (κ3) is 5.53. The van der Waals surface area contributed by atoms with E-state index in [9.17, 15) is 5.11 Å². The molecule has 0 unspecified atom stereocenters. The van der Waals surface area contributed by atoms with E-state index in [4.69, 9.17) is 4.74 Å². The normalized spacial score (nSPS) is 16.4. The van der Waals surface area contributed by atoms with Gasteiger partial charge < -0.3 is 20.5 Å². The van der Waals surface area contributed by atoms with Crippen molar-refractivity contribution >= 4 is 5.96 Å². The van der Waals surface area contributed by atoms with Crippen LogP contribution in [0, 0.1) is 0 Å². The zero-order valence-corrected chi connectivity index (χ0v) is 16.6. The average Bonchev–Trinajstić information content (AvgIpc) is 2.65. The van der Waals surface area contributed by atoms with Crippen LogP contribution in [-0.2, 0) is 6.54 Å². The number of aliphatic imine (C=N–C) groups is 1. The summed E-state index contributed by atoms with van der Waals surface area (Å²) in [6.45, 7) is 11.0. The number of methoxy groups -OCH3 is 1. The number of phenolic OH excluding ortho intramolecular Hbond substituents is 1. The highest BCUT2D eigenvalue weighted by Gasteiger charge is 2.27. The molecule has 0 amide bonds. The molecular weight excluding hydrogens is 328 g/mol. The molecule has 0 saturated carbocycles. The second-order valence-electron chi connectivity index (χ2n) is 7.38. The highest BCUT2D eigenvalue weighted by atomic mass is 16.5. The van der Waals surface area contributed by atoms with Crippen molar-refractivity contribution in [1.82, 2.24) is 15.5 Å². The molecule has 1 aromatic rings. The number of likely N-dealkylation sites (tertiary alicyclic amines) is 1. The van der Waals surface area contributed by atoms with Gasteiger partial charge in [0.25, 0.3) is 0 Å². The zero-order valence-electron chi connectivity index (χ0n) is 16.6. The van der Waals surface area contributed by atoms with Crippen LogP contribution in [0.4, 0.5) is 0 Å². The van der Waals surface area contributed by atoms with Gasteiger partial charge in [-0.25, -0.2) is 4.99 Å². The number of benzene rings is 1. The lowest BCUT2D eigenvalue weighted by atomic mass is 9.98. The Hall–Kier alpha value is -1.95. The van der Waals surface area contributed by atoms with E-state index in [2.05, 4.69) is 41.3 Å². The Balaban J connectivity index is 2.00. The van der Waals surface area contributed by atoms with Crippen molar-refractivity contribution in [3.63, 3.8) is 0 Å². The summed E-state index contributed by atoms with van der Waals surface area (Å²) in [5, 5.41) is 17.0. The molecule has 2 rings (SSSR count). The van der Waals surface area contributed by atoms with Crippen LogP contribution in [0.25, 0.3) is 0 Å². The van der Waals surface area contributed by atoms with Crippen LogP contribution < -0.4 is 15.4 Å². The second kappa shape index (κ2) is 9.67. The van der Waals surface area contributed by atoms with Gasteiger partial charge >= 0.3 is 0 Å². The summed E-state index contributed by atoms with van der Waals surface area (Å²) in [5.41, 5.74) is 0.825. The fourth-order valence-corrected chi connectivity index (χ4v) is 3.28. The third-order valence-electron chi connectivity index (χ3n) is 4.95. The van der Waals surface area contributed by atoms with Crippen molar-refractivity contribution in [2.45, 2.75) is 52.1 Å². The molecule has 3 N–H and O–H groups in total. The number of para-hydroxylation sites is 1. The highest BCUT2D eigenvalue weighted by Crippen LogP contribution is 2.29. The SMILES string of the molecule is CCNC(=NCc1cccc(OC)c1O)NCC(C)(C)N1CCCCC1. The molecule has 1 aliphatic rings. The molecule has 0 bridgehead atoms. The first-order valence-corrected chi connectivity index (χ1v) is 9.60. The van der Waals surface area contributed by atoms with Gasteiger partial charge in [-0.2, -0.15) is 0 Å². The molecule has 0 aromatic heterocycles. The topological polar surface area (TPSA) is 69.1 Å². The number of nitrogens with one attached hydrogen (secondary N) is 2. The molecule has 1 saturated heterocycles. The molecule has 146 valence electrons. The van der Waals surface area contributed by atoms with Gasteiger partial charge in [0.15, 0.2) is 17.5 Å². The average molecular weight is 363 g/mol. The summed E-state index contributed by atoms with van der Waals surface area (Å²) >= 11 is 0. The van der Waals surface area contributed by atoms with Crippen LogP contribution in [0.2, 0.25) is 0 Å². The van der Waals surface area contributed by atoms with Gasteiger partial charge in [0.2, 0.25) is 0 Å². The predicted molar refractivity (Wildman–Crippen MR) is 107 cm³/mol. The van der Waals surface area contributed by atoms with Gasteiger partial charge in [-0.3, -0.25) is 4.90 Å². The van der Waals surface area contributed by atoms with Gasteiger partial charge in [0.1, 0.15) is 0 Å². The molecule has 6 nitrogen and oxygen atoms in total. The zero-order chi connectivity index (χ0) is 19.0. The van der Waals surface area contributed by atoms with Crippen LogP contribution in [0.5, 0.6) is 11.5 Å². The Kier molecular flexibility index (Phi) is 7.57. The maximum atomic E-state index is 10.2. The maximum Gasteiger partial charge on any atom is 0.191 e.